The lowest BCUT2D eigenvalue weighted by Gasteiger charge is -2.33. The summed E-state index contributed by atoms with van der Waals surface area (Å²) in [4.78, 5) is 48.5. The summed E-state index contributed by atoms with van der Waals surface area (Å²) in [5.74, 6) is -0.0558. The number of imide groups is 1. The molecule has 2 saturated heterocycles. The second kappa shape index (κ2) is 10.7. The Bertz CT molecular complexity index is 1400. The topological polar surface area (TPSA) is 111 Å². The third-order valence-electron chi connectivity index (χ3n) is 7.99. The quantitative estimate of drug-likeness (QED) is 0.482. The van der Waals surface area contributed by atoms with Crippen LogP contribution in [0.1, 0.15) is 57.4 Å². The van der Waals surface area contributed by atoms with Gasteiger partial charge in [-0.1, -0.05) is 0 Å². The Hall–Kier alpha value is -3.86. The molecular formula is C28H31FN6O4. The smallest absolute Gasteiger partial charge is 0.333 e. The van der Waals surface area contributed by atoms with Gasteiger partial charge in [-0.05, 0) is 68.9 Å². The first-order chi connectivity index (χ1) is 19.0. The highest BCUT2D eigenvalue weighted by Crippen LogP contribution is 2.30. The highest BCUT2D eigenvalue weighted by atomic mass is 19.1. The second-order valence-corrected chi connectivity index (χ2v) is 10.4. The molecule has 1 aromatic carbocycles. The highest BCUT2D eigenvalue weighted by molar-refractivity contribution is 6.02. The molecule has 0 atom stereocenters. The van der Waals surface area contributed by atoms with Gasteiger partial charge >= 0.3 is 5.69 Å². The third-order valence-corrected chi connectivity index (χ3v) is 7.99. The van der Waals surface area contributed by atoms with Crippen LogP contribution in [0.4, 0.5) is 10.3 Å². The number of carbonyl (C=O) groups excluding carboxylic acids is 2. The average Bonchev–Trinajstić information content (AvgIpc) is 3.48. The number of benzene rings is 1. The van der Waals surface area contributed by atoms with Crippen molar-refractivity contribution in [2.75, 3.05) is 18.5 Å². The van der Waals surface area contributed by atoms with Crippen LogP contribution in [0.2, 0.25) is 0 Å². The SMILES string of the molecule is O=C1CCC(=O)N1C1CCC(Nc2nccc(-c3cn(C4CCOCC4)c(=O)n3-c3ccc(F)cc3)n2)CC1. The van der Waals surface area contributed by atoms with Crippen LogP contribution in [0.5, 0.6) is 0 Å². The molecule has 3 aromatic rings. The molecule has 2 aromatic heterocycles. The summed E-state index contributed by atoms with van der Waals surface area (Å²) in [7, 11) is 0. The highest BCUT2D eigenvalue weighted by Gasteiger charge is 2.37. The molecule has 4 heterocycles. The largest absolute Gasteiger partial charge is 0.381 e. The summed E-state index contributed by atoms with van der Waals surface area (Å²) in [6.07, 6.45) is 8.65. The van der Waals surface area contributed by atoms with Crippen LogP contribution < -0.4 is 11.0 Å². The maximum atomic E-state index is 13.7. The fourth-order valence-electron chi connectivity index (χ4n) is 5.94. The number of aromatic nitrogens is 4. The Kier molecular flexibility index (Phi) is 6.99. The monoisotopic (exact) mass is 534 g/mol. The lowest BCUT2D eigenvalue weighted by atomic mass is 9.90. The minimum atomic E-state index is -0.376. The van der Waals surface area contributed by atoms with E-state index >= 15 is 0 Å². The fourth-order valence-corrected chi connectivity index (χ4v) is 5.94. The molecule has 0 bridgehead atoms. The van der Waals surface area contributed by atoms with Crippen molar-refractivity contribution in [3.05, 3.63) is 59.0 Å². The number of amides is 2. The van der Waals surface area contributed by atoms with Crippen molar-refractivity contribution in [2.24, 2.45) is 0 Å². The van der Waals surface area contributed by atoms with Gasteiger partial charge in [-0.15, -0.1) is 0 Å². The predicted octanol–water partition coefficient (Wildman–Crippen LogP) is 3.46. The molecule has 11 heteroatoms. The summed E-state index contributed by atoms with van der Waals surface area (Å²) < 4.78 is 22.5. The molecule has 0 spiro atoms. The number of nitrogens with zero attached hydrogens (tertiary/aromatic N) is 5. The molecule has 204 valence electrons. The Morgan fingerprint density at radius 1 is 0.872 bits per heavy atom. The number of anilines is 1. The minimum Gasteiger partial charge on any atom is -0.381 e. The van der Waals surface area contributed by atoms with Crippen LogP contribution in [0.15, 0.2) is 47.5 Å². The molecule has 3 fully saturated rings. The minimum absolute atomic E-state index is 0.00989. The van der Waals surface area contributed by atoms with Crippen molar-refractivity contribution in [1.29, 1.82) is 0 Å². The molecule has 1 saturated carbocycles. The van der Waals surface area contributed by atoms with Gasteiger partial charge in [0.05, 0.1) is 17.1 Å². The number of hydrogen-bond donors (Lipinski definition) is 1. The van der Waals surface area contributed by atoms with E-state index in [9.17, 15) is 18.8 Å². The first kappa shape index (κ1) is 25.4. The van der Waals surface area contributed by atoms with E-state index in [4.69, 9.17) is 9.72 Å². The summed E-state index contributed by atoms with van der Waals surface area (Å²) >= 11 is 0. The van der Waals surface area contributed by atoms with Gasteiger partial charge in [-0.3, -0.25) is 23.6 Å². The Labute approximate surface area is 224 Å². The van der Waals surface area contributed by atoms with E-state index in [1.807, 2.05) is 6.20 Å². The molecule has 1 N–H and O–H groups in total. The zero-order valence-corrected chi connectivity index (χ0v) is 21.6. The molecule has 1 aliphatic carbocycles. The maximum Gasteiger partial charge on any atom is 0.333 e. The van der Waals surface area contributed by atoms with Crippen LogP contribution in [0, 0.1) is 5.82 Å². The molecule has 10 nitrogen and oxygen atoms in total. The second-order valence-electron chi connectivity index (χ2n) is 10.4. The number of hydrogen-bond acceptors (Lipinski definition) is 7. The van der Waals surface area contributed by atoms with Gasteiger partial charge in [0.2, 0.25) is 17.8 Å². The van der Waals surface area contributed by atoms with Gasteiger partial charge in [0.25, 0.3) is 0 Å². The Morgan fingerprint density at radius 3 is 2.26 bits per heavy atom. The number of ether oxygens (including phenoxy) is 1. The number of carbonyl (C=O) groups is 2. The summed E-state index contributed by atoms with van der Waals surface area (Å²) in [6.45, 7) is 1.19. The van der Waals surface area contributed by atoms with Crippen LogP contribution in [-0.2, 0) is 14.3 Å². The van der Waals surface area contributed by atoms with E-state index in [2.05, 4.69) is 10.3 Å². The molecule has 2 amide bonds. The number of imidazole rings is 1. The molecule has 2 aliphatic heterocycles. The first-order valence-corrected chi connectivity index (χ1v) is 13.6. The van der Waals surface area contributed by atoms with Crippen LogP contribution in [0.3, 0.4) is 0 Å². The summed E-state index contributed by atoms with van der Waals surface area (Å²) in [5, 5.41) is 3.41. The van der Waals surface area contributed by atoms with Crippen molar-refractivity contribution in [3.8, 4) is 17.1 Å². The van der Waals surface area contributed by atoms with Crippen molar-refractivity contribution in [3.63, 3.8) is 0 Å². The van der Waals surface area contributed by atoms with Crippen molar-refractivity contribution in [2.45, 2.75) is 69.5 Å². The van der Waals surface area contributed by atoms with E-state index in [-0.39, 0.29) is 41.4 Å². The van der Waals surface area contributed by atoms with Gasteiger partial charge in [-0.25, -0.2) is 19.2 Å². The van der Waals surface area contributed by atoms with Crippen LogP contribution in [0.25, 0.3) is 17.1 Å². The van der Waals surface area contributed by atoms with E-state index in [1.54, 1.807) is 33.5 Å². The number of likely N-dealkylation sites (tertiary alicyclic amines) is 1. The molecule has 6 rings (SSSR count). The van der Waals surface area contributed by atoms with Crippen LogP contribution in [-0.4, -0.2) is 61.1 Å². The summed E-state index contributed by atoms with van der Waals surface area (Å²) in [5.41, 5.74) is 1.51. The standard InChI is InChI=1S/C28H31FN6O4/c29-18-1-5-21(6-2-18)34-24(17-33(28(34)38)20-12-15-39-16-13-20)23-11-14-30-27(32-23)31-19-3-7-22(8-4-19)35-25(36)9-10-26(35)37/h1-2,5-6,11,14,17,19-20,22H,3-4,7-10,12-13,15-16H2,(H,30,31,32). The van der Waals surface area contributed by atoms with Crippen molar-refractivity contribution >= 4 is 17.8 Å². The molecule has 0 radical (unpaired) electrons. The van der Waals surface area contributed by atoms with E-state index < -0.39 is 0 Å². The van der Waals surface area contributed by atoms with Crippen molar-refractivity contribution < 1.29 is 18.7 Å². The predicted molar refractivity (Wildman–Crippen MR) is 141 cm³/mol. The van der Waals surface area contributed by atoms with Crippen molar-refractivity contribution in [1.82, 2.24) is 24.0 Å². The van der Waals surface area contributed by atoms with E-state index in [0.717, 1.165) is 38.5 Å². The number of rotatable bonds is 6. The van der Waals surface area contributed by atoms with Gasteiger partial charge < -0.3 is 10.1 Å². The zero-order valence-electron chi connectivity index (χ0n) is 21.6. The van der Waals surface area contributed by atoms with E-state index in [1.165, 1.54) is 17.0 Å². The number of halogens is 1. The summed E-state index contributed by atoms with van der Waals surface area (Å²) in [6, 6.07) is 7.69. The van der Waals surface area contributed by atoms with Gasteiger partial charge in [0.15, 0.2) is 0 Å². The zero-order chi connectivity index (χ0) is 26.9. The average molecular weight is 535 g/mol. The van der Waals surface area contributed by atoms with Gasteiger partial charge in [0, 0.05) is 56.6 Å². The lowest BCUT2D eigenvalue weighted by molar-refractivity contribution is -0.141. The number of nitrogens with one attached hydrogen (secondary N) is 1. The molecular weight excluding hydrogens is 503 g/mol. The lowest BCUT2D eigenvalue weighted by Crippen LogP contribution is -2.43. The Morgan fingerprint density at radius 2 is 1.56 bits per heavy atom. The normalized spacial score (nSPS) is 22.4. The van der Waals surface area contributed by atoms with Crippen LogP contribution >= 0.6 is 0 Å². The molecule has 0 unspecified atom stereocenters. The maximum absolute atomic E-state index is 13.7. The fraction of sp³-hybridized carbons (Fsp3) is 0.464. The third kappa shape index (κ3) is 5.10. The van der Waals surface area contributed by atoms with E-state index in [0.29, 0.717) is 49.1 Å². The Balaban J connectivity index is 1.25. The molecule has 39 heavy (non-hydrogen) atoms. The molecule has 3 aliphatic rings. The van der Waals surface area contributed by atoms with Gasteiger partial charge in [0.1, 0.15) is 5.82 Å². The first-order valence-electron chi connectivity index (χ1n) is 13.6. The van der Waals surface area contributed by atoms with Gasteiger partial charge in [-0.2, -0.15) is 0 Å².